The number of amides is 1. The highest BCUT2D eigenvalue weighted by atomic mass is 16.6. The van der Waals surface area contributed by atoms with Gasteiger partial charge in [-0.1, -0.05) is 0 Å². The number of ether oxygens (including phenoxy) is 3. The normalized spacial score (nSPS) is 18.2. The molecule has 1 aromatic heterocycles. The second-order valence-corrected chi connectivity index (χ2v) is 7.23. The van der Waals surface area contributed by atoms with Gasteiger partial charge in [-0.05, 0) is 40.5 Å². The van der Waals surface area contributed by atoms with Gasteiger partial charge in [-0.15, -0.1) is 0 Å². The van der Waals surface area contributed by atoms with Gasteiger partial charge in [0.2, 0.25) is 5.88 Å². The third kappa shape index (κ3) is 5.58. The molecule has 1 aliphatic rings. The van der Waals surface area contributed by atoms with Crippen LogP contribution in [0, 0.1) is 12.8 Å². The molecule has 0 unspecified atom stereocenters. The first-order valence-corrected chi connectivity index (χ1v) is 8.40. The Kier molecular flexibility index (Phi) is 5.91. The standard InChI is InChI=1S/C18H28N2O4/c1-13-9-15(10-16(19-13)22-5)23-12-14-7-6-8-20(11-14)17(21)24-18(2,3)4/h9-10,14H,6-8,11-12H2,1-5H3/t14-/m0/s1. The summed E-state index contributed by atoms with van der Waals surface area (Å²) in [6.07, 6.45) is 1.76. The first kappa shape index (κ1) is 18.4. The maximum Gasteiger partial charge on any atom is 0.410 e. The lowest BCUT2D eigenvalue weighted by Gasteiger charge is -2.34. The van der Waals surface area contributed by atoms with Crippen LogP contribution in [0.25, 0.3) is 0 Å². The molecule has 1 aromatic rings. The van der Waals surface area contributed by atoms with Crippen LogP contribution in [0.4, 0.5) is 4.79 Å². The molecule has 0 radical (unpaired) electrons. The number of hydrogen-bond donors (Lipinski definition) is 0. The van der Waals surface area contributed by atoms with Crippen LogP contribution in [0.3, 0.4) is 0 Å². The second kappa shape index (κ2) is 7.73. The van der Waals surface area contributed by atoms with E-state index in [9.17, 15) is 4.79 Å². The molecule has 0 spiro atoms. The van der Waals surface area contributed by atoms with Crippen LogP contribution >= 0.6 is 0 Å². The Morgan fingerprint density at radius 1 is 1.38 bits per heavy atom. The molecule has 0 aliphatic carbocycles. The van der Waals surface area contributed by atoms with E-state index in [0.717, 1.165) is 30.8 Å². The van der Waals surface area contributed by atoms with Crippen LogP contribution in [-0.4, -0.2) is 48.4 Å². The number of rotatable bonds is 4. The molecule has 134 valence electrons. The molecule has 6 heteroatoms. The summed E-state index contributed by atoms with van der Waals surface area (Å²) in [4.78, 5) is 18.2. The lowest BCUT2D eigenvalue weighted by atomic mass is 9.99. The predicted molar refractivity (Wildman–Crippen MR) is 91.6 cm³/mol. The van der Waals surface area contributed by atoms with Crippen molar-refractivity contribution in [2.75, 3.05) is 26.8 Å². The Morgan fingerprint density at radius 3 is 2.79 bits per heavy atom. The molecule has 1 fully saturated rings. The highest BCUT2D eigenvalue weighted by molar-refractivity contribution is 5.68. The van der Waals surface area contributed by atoms with E-state index in [1.54, 1.807) is 18.1 Å². The summed E-state index contributed by atoms with van der Waals surface area (Å²) in [6.45, 7) is 9.52. The van der Waals surface area contributed by atoms with Gasteiger partial charge in [0.25, 0.3) is 0 Å². The zero-order valence-corrected chi connectivity index (χ0v) is 15.3. The molecular formula is C18H28N2O4. The fraction of sp³-hybridized carbons (Fsp3) is 0.667. The van der Waals surface area contributed by atoms with Crippen LogP contribution in [0.5, 0.6) is 11.6 Å². The SMILES string of the molecule is COc1cc(OC[C@H]2CCCN(C(=O)OC(C)(C)C)C2)cc(C)n1. The molecule has 2 rings (SSSR count). The maximum absolute atomic E-state index is 12.2. The van der Waals surface area contributed by atoms with Gasteiger partial charge in [0.15, 0.2) is 0 Å². The average Bonchev–Trinajstić information content (AvgIpc) is 2.51. The van der Waals surface area contributed by atoms with Gasteiger partial charge in [0, 0.05) is 36.8 Å². The predicted octanol–water partition coefficient (Wildman–Crippen LogP) is 3.42. The second-order valence-electron chi connectivity index (χ2n) is 7.23. The summed E-state index contributed by atoms with van der Waals surface area (Å²) in [5.41, 5.74) is 0.384. The van der Waals surface area contributed by atoms with E-state index < -0.39 is 5.60 Å². The highest BCUT2D eigenvalue weighted by Crippen LogP contribution is 2.23. The minimum Gasteiger partial charge on any atom is -0.493 e. The lowest BCUT2D eigenvalue weighted by Crippen LogP contribution is -2.44. The van der Waals surface area contributed by atoms with Gasteiger partial charge < -0.3 is 19.1 Å². The maximum atomic E-state index is 12.2. The van der Waals surface area contributed by atoms with E-state index in [4.69, 9.17) is 14.2 Å². The molecule has 0 bridgehead atoms. The summed E-state index contributed by atoms with van der Waals surface area (Å²) >= 11 is 0. The number of aryl methyl sites for hydroxylation is 1. The van der Waals surface area contributed by atoms with Crippen molar-refractivity contribution < 1.29 is 19.0 Å². The van der Waals surface area contributed by atoms with Crippen LogP contribution in [-0.2, 0) is 4.74 Å². The summed E-state index contributed by atoms with van der Waals surface area (Å²) in [5, 5.41) is 0. The number of likely N-dealkylation sites (tertiary alicyclic amines) is 1. The zero-order chi connectivity index (χ0) is 17.7. The number of methoxy groups -OCH3 is 1. The van der Waals surface area contributed by atoms with E-state index in [-0.39, 0.29) is 6.09 Å². The topological polar surface area (TPSA) is 60.9 Å². The van der Waals surface area contributed by atoms with Crippen LogP contribution in [0.2, 0.25) is 0 Å². The number of aromatic nitrogens is 1. The van der Waals surface area contributed by atoms with Crippen LogP contribution in [0.1, 0.15) is 39.3 Å². The quantitative estimate of drug-likeness (QED) is 0.843. The van der Waals surface area contributed by atoms with Crippen molar-refractivity contribution >= 4 is 6.09 Å². The Labute approximate surface area is 144 Å². The van der Waals surface area contributed by atoms with Gasteiger partial charge in [0.1, 0.15) is 11.4 Å². The van der Waals surface area contributed by atoms with Crippen LogP contribution < -0.4 is 9.47 Å². The van der Waals surface area contributed by atoms with E-state index in [1.165, 1.54) is 0 Å². The number of piperidine rings is 1. The summed E-state index contributed by atoms with van der Waals surface area (Å²) in [7, 11) is 1.59. The average molecular weight is 336 g/mol. The largest absolute Gasteiger partial charge is 0.493 e. The summed E-state index contributed by atoms with van der Waals surface area (Å²) in [6, 6.07) is 3.67. The van der Waals surface area contributed by atoms with Crippen LogP contribution in [0.15, 0.2) is 12.1 Å². The molecule has 0 N–H and O–H groups in total. The van der Waals surface area contributed by atoms with Gasteiger partial charge in [-0.2, -0.15) is 0 Å². The minimum absolute atomic E-state index is 0.242. The molecule has 1 atom stereocenters. The summed E-state index contributed by atoms with van der Waals surface area (Å²) < 4.78 is 16.5. The van der Waals surface area contributed by atoms with Crippen molar-refractivity contribution in [2.24, 2.45) is 5.92 Å². The van der Waals surface area contributed by atoms with E-state index >= 15 is 0 Å². The van der Waals surface area contributed by atoms with Crippen molar-refractivity contribution in [3.63, 3.8) is 0 Å². The van der Waals surface area contributed by atoms with Gasteiger partial charge >= 0.3 is 6.09 Å². The van der Waals surface area contributed by atoms with Crippen molar-refractivity contribution in [3.8, 4) is 11.6 Å². The smallest absolute Gasteiger partial charge is 0.410 e. The molecule has 0 saturated carbocycles. The highest BCUT2D eigenvalue weighted by Gasteiger charge is 2.27. The fourth-order valence-corrected chi connectivity index (χ4v) is 2.70. The van der Waals surface area contributed by atoms with Crippen molar-refractivity contribution in [1.29, 1.82) is 0 Å². The number of carbonyl (C=O) groups is 1. The third-order valence-corrected chi connectivity index (χ3v) is 3.77. The fourth-order valence-electron chi connectivity index (χ4n) is 2.70. The van der Waals surface area contributed by atoms with Crippen molar-refractivity contribution in [2.45, 2.75) is 46.1 Å². The molecule has 2 heterocycles. The molecule has 1 saturated heterocycles. The number of pyridine rings is 1. The van der Waals surface area contributed by atoms with Gasteiger partial charge in [0.05, 0.1) is 13.7 Å². The third-order valence-electron chi connectivity index (χ3n) is 3.77. The molecule has 1 aliphatic heterocycles. The Bertz CT molecular complexity index is 569. The first-order chi connectivity index (χ1) is 11.3. The Balaban J connectivity index is 1.89. The van der Waals surface area contributed by atoms with Crippen molar-refractivity contribution in [1.82, 2.24) is 9.88 Å². The van der Waals surface area contributed by atoms with E-state index in [0.29, 0.717) is 24.9 Å². The van der Waals surface area contributed by atoms with E-state index in [2.05, 4.69) is 4.98 Å². The van der Waals surface area contributed by atoms with Crippen molar-refractivity contribution in [3.05, 3.63) is 17.8 Å². The number of carbonyl (C=O) groups excluding carboxylic acids is 1. The number of hydrogen-bond acceptors (Lipinski definition) is 5. The Morgan fingerprint density at radius 2 is 2.12 bits per heavy atom. The molecule has 24 heavy (non-hydrogen) atoms. The Hall–Kier alpha value is -1.98. The summed E-state index contributed by atoms with van der Waals surface area (Å²) in [5.74, 6) is 1.59. The monoisotopic (exact) mass is 336 g/mol. The first-order valence-electron chi connectivity index (χ1n) is 8.40. The van der Waals surface area contributed by atoms with Gasteiger partial charge in [-0.3, -0.25) is 0 Å². The zero-order valence-electron chi connectivity index (χ0n) is 15.3. The molecule has 0 aromatic carbocycles. The van der Waals surface area contributed by atoms with E-state index in [1.807, 2.05) is 33.8 Å². The number of nitrogens with zero attached hydrogens (tertiary/aromatic N) is 2. The molecule has 6 nitrogen and oxygen atoms in total. The minimum atomic E-state index is -0.467. The lowest BCUT2D eigenvalue weighted by molar-refractivity contribution is 0.0139. The molecular weight excluding hydrogens is 308 g/mol. The van der Waals surface area contributed by atoms with Gasteiger partial charge in [-0.25, -0.2) is 9.78 Å². The molecule has 1 amide bonds.